The van der Waals surface area contributed by atoms with Gasteiger partial charge in [0.25, 0.3) is 11.8 Å². The molecule has 3 heterocycles. The van der Waals surface area contributed by atoms with Gasteiger partial charge in [0, 0.05) is 23.1 Å². The van der Waals surface area contributed by atoms with Crippen LogP contribution in [0.15, 0.2) is 36.4 Å². The minimum absolute atomic E-state index is 0.0245. The van der Waals surface area contributed by atoms with E-state index in [0.717, 1.165) is 6.07 Å². The van der Waals surface area contributed by atoms with Gasteiger partial charge < -0.3 is 30.0 Å². The van der Waals surface area contributed by atoms with E-state index >= 15 is 0 Å². The maximum atomic E-state index is 13.5. The van der Waals surface area contributed by atoms with Gasteiger partial charge in [-0.15, -0.1) is 0 Å². The second-order valence-electron chi connectivity index (χ2n) is 8.88. The van der Waals surface area contributed by atoms with Crippen LogP contribution < -0.4 is 20.1 Å². The predicted octanol–water partition coefficient (Wildman–Crippen LogP) is 2.93. The number of nitrogens with one attached hydrogen (secondary N) is 2. The highest BCUT2D eigenvalue weighted by molar-refractivity contribution is 6.31. The lowest BCUT2D eigenvalue weighted by Crippen LogP contribution is -2.52. The van der Waals surface area contributed by atoms with Gasteiger partial charge in [0.1, 0.15) is 17.3 Å². The zero-order valence-electron chi connectivity index (χ0n) is 18.4. The Morgan fingerprint density at radius 2 is 1.80 bits per heavy atom. The van der Waals surface area contributed by atoms with E-state index in [2.05, 4.69) is 10.6 Å². The van der Waals surface area contributed by atoms with Crippen LogP contribution in [0.2, 0.25) is 10.0 Å². The average Bonchev–Trinajstić information content (AvgIpc) is 3.40. The highest BCUT2D eigenvalue weighted by Gasteiger charge is 2.49. The van der Waals surface area contributed by atoms with Crippen LogP contribution >= 0.6 is 23.2 Å². The molecule has 2 fully saturated rings. The van der Waals surface area contributed by atoms with E-state index < -0.39 is 18.0 Å². The smallest absolute Gasteiger partial charge is 0.261 e. The summed E-state index contributed by atoms with van der Waals surface area (Å²) in [6.07, 6.45) is -0.989. The number of benzene rings is 2. The summed E-state index contributed by atoms with van der Waals surface area (Å²) in [6, 6.07) is 8.44. The van der Waals surface area contributed by atoms with Gasteiger partial charge in [-0.05, 0) is 43.2 Å². The number of ether oxygens (including phenoxy) is 3. The lowest BCUT2D eigenvalue weighted by molar-refractivity contribution is -0.131. The van der Waals surface area contributed by atoms with E-state index in [1.54, 1.807) is 18.2 Å². The lowest BCUT2D eigenvalue weighted by atomic mass is 9.90. The van der Waals surface area contributed by atoms with E-state index in [0.29, 0.717) is 29.2 Å². The molecule has 11 heteroatoms. The summed E-state index contributed by atoms with van der Waals surface area (Å²) in [7, 11) is 0. The fraction of sp³-hybridized carbons (Fsp3) is 0.417. The highest BCUT2D eigenvalue weighted by Crippen LogP contribution is 2.38. The van der Waals surface area contributed by atoms with Crippen LogP contribution in [0.25, 0.3) is 0 Å². The molecule has 2 amide bonds. The van der Waals surface area contributed by atoms with Gasteiger partial charge in [-0.2, -0.15) is 0 Å². The Morgan fingerprint density at radius 1 is 1.06 bits per heavy atom. The Balaban J connectivity index is 1.09. The summed E-state index contributed by atoms with van der Waals surface area (Å²) in [5, 5.41) is 16.7. The normalized spacial score (nSPS) is 28.7. The first-order valence-electron chi connectivity index (χ1n) is 11.2. The van der Waals surface area contributed by atoms with Crippen LogP contribution in [0, 0.1) is 5.82 Å². The molecule has 35 heavy (non-hydrogen) atoms. The number of halogens is 3. The Labute approximate surface area is 210 Å². The largest absolute Gasteiger partial charge is 0.484 e. The molecule has 0 spiro atoms. The lowest BCUT2D eigenvalue weighted by Gasteiger charge is -2.31. The summed E-state index contributed by atoms with van der Waals surface area (Å²) >= 11 is 11.6. The Morgan fingerprint density at radius 3 is 2.51 bits per heavy atom. The minimum atomic E-state index is -0.851. The standard InChI is InChI=1S/C24H23Cl2FN2O6/c25-11-1-4-19-13(5-11)18(30)9-22(34-19)24(32)29-17-8-20-16(7-21(17)35-20)28-23(31)10-33-12-2-3-14(26)15(27)6-12/h1-6,16-18,20-22,30H,7-10H2,(H,28,31)(H,29,32). The minimum Gasteiger partial charge on any atom is -0.484 e. The molecule has 3 aliphatic rings. The van der Waals surface area contributed by atoms with E-state index in [-0.39, 0.29) is 59.9 Å². The van der Waals surface area contributed by atoms with Crippen molar-refractivity contribution in [3.05, 3.63) is 57.8 Å². The molecule has 2 aromatic rings. The van der Waals surface area contributed by atoms with Gasteiger partial charge in [0.2, 0.25) is 0 Å². The van der Waals surface area contributed by atoms with Crippen LogP contribution in [0.4, 0.5) is 4.39 Å². The third-order valence-electron chi connectivity index (χ3n) is 6.48. The zero-order chi connectivity index (χ0) is 24.7. The molecule has 8 nitrogen and oxygen atoms in total. The fourth-order valence-corrected chi connectivity index (χ4v) is 5.08. The molecule has 0 aliphatic carbocycles. The van der Waals surface area contributed by atoms with Crippen molar-refractivity contribution >= 4 is 35.0 Å². The van der Waals surface area contributed by atoms with Gasteiger partial charge >= 0.3 is 0 Å². The number of aliphatic hydroxyl groups excluding tert-OH is 1. The monoisotopic (exact) mass is 524 g/mol. The molecule has 2 aromatic carbocycles. The van der Waals surface area contributed by atoms with Gasteiger partial charge in [0.15, 0.2) is 12.7 Å². The number of amides is 2. The van der Waals surface area contributed by atoms with Crippen molar-refractivity contribution in [2.45, 2.75) is 55.8 Å². The zero-order valence-corrected chi connectivity index (χ0v) is 19.9. The van der Waals surface area contributed by atoms with Crippen molar-refractivity contribution in [2.24, 2.45) is 0 Å². The van der Waals surface area contributed by atoms with Crippen LogP contribution in [-0.2, 0) is 14.3 Å². The molecular formula is C24H23Cl2FN2O6. The molecule has 0 saturated carbocycles. The Kier molecular flexibility index (Phi) is 6.76. The number of carbonyl (C=O) groups excluding carboxylic acids is 2. The molecular weight excluding hydrogens is 502 g/mol. The van der Waals surface area contributed by atoms with Crippen molar-refractivity contribution in [3.63, 3.8) is 0 Å². The summed E-state index contributed by atoms with van der Waals surface area (Å²) in [5.41, 5.74) is 0.563. The molecule has 2 bridgehead atoms. The first-order valence-corrected chi connectivity index (χ1v) is 12.0. The quantitative estimate of drug-likeness (QED) is 0.536. The third-order valence-corrected chi connectivity index (χ3v) is 7.03. The number of fused-ring (bicyclic) bond motifs is 3. The summed E-state index contributed by atoms with van der Waals surface area (Å²) in [5.74, 6) is -0.667. The van der Waals surface area contributed by atoms with Gasteiger partial charge in [-0.3, -0.25) is 9.59 Å². The van der Waals surface area contributed by atoms with Crippen LogP contribution in [0.1, 0.15) is 30.9 Å². The molecule has 5 rings (SSSR count). The fourth-order valence-electron chi connectivity index (χ4n) is 4.78. The highest BCUT2D eigenvalue weighted by atomic mass is 35.5. The van der Waals surface area contributed by atoms with Gasteiger partial charge in [-0.1, -0.05) is 23.2 Å². The number of rotatable bonds is 6. The van der Waals surface area contributed by atoms with Crippen molar-refractivity contribution < 1.29 is 33.3 Å². The second-order valence-corrected chi connectivity index (χ2v) is 9.72. The average molecular weight is 525 g/mol. The number of aliphatic hydroxyl groups is 1. The number of carbonyl (C=O) groups is 2. The van der Waals surface area contributed by atoms with Gasteiger partial charge in [-0.25, -0.2) is 4.39 Å². The molecule has 0 radical (unpaired) electrons. The molecule has 6 unspecified atom stereocenters. The SMILES string of the molecule is O=C(COc1ccc(Cl)c(F)c1)NC1CC2OC1CC2NC(=O)C1CC(O)c2cc(Cl)ccc2O1. The van der Waals surface area contributed by atoms with Crippen LogP contribution in [-0.4, -0.2) is 53.9 Å². The Hall–Kier alpha value is -2.59. The topological polar surface area (TPSA) is 106 Å². The van der Waals surface area contributed by atoms with E-state index in [9.17, 15) is 19.1 Å². The van der Waals surface area contributed by atoms with E-state index in [1.165, 1.54) is 12.1 Å². The van der Waals surface area contributed by atoms with E-state index in [1.807, 2.05) is 0 Å². The van der Waals surface area contributed by atoms with Gasteiger partial charge in [0.05, 0.1) is 35.4 Å². The first-order chi connectivity index (χ1) is 16.8. The molecule has 2 saturated heterocycles. The van der Waals surface area contributed by atoms with Crippen LogP contribution in [0.5, 0.6) is 11.5 Å². The number of hydrogen-bond donors (Lipinski definition) is 3. The van der Waals surface area contributed by atoms with Crippen LogP contribution in [0.3, 0.4) is 0 Å². The summed E-state index contributed by atoms with van der Waals surface area (Å²) in [6.45, 7) is -0.275. The third kappa shape index (κ3) is 5.18. The summed E-state index contributed by atoms with van der Waals surface area (Å²) in [4.78, 5) is 25.1. The molecule has 3 N–H and O–H groups in total. The van der Waals surface area contributed by atoms with Crippen molar-refractivity contribution in [2.75, 3.05) is 6.61 Å². The summed E-state index contributed by atoms with van der Waals surface area (Å²) < 4.78 is 30.5. The molecule has 186 valence electrons. The maximum absolute atomic E-state index is 13.5. The number of hydrogen-bond acceptors (Lipinski definition) is 6. The molecule has 6 atom stereocenters. The van der Waals surface area contributed by atoms with E-state index in [4.69, 9.17) is 37.4 Å². The molecule has 3 aliphatic heterocycles. The van der Waals surface area contributed by atoms with Crippen molar-refractivity contribution in [1.82, 2.24) is 10.6 Å². The van der Waals surface area contributed by atoms with Crippen molar-refractivity contribution in [1.29, 1.82) is 0 Å². The Bertz CT molecular complexity index is 1150. The second kappa shape index (κ2) is 9.81. The molecule has 0 aromatic heterocycles. The van der Waals surface area contributed by atoms with Crippen molar-refractivity contribution in [3.8, 4) is 11.5 Å². The predicted molar refractivity (Wildman–Crippen MR) is 124 cm³/mol. The first kappa shape index (κ1) is 24.1. The maximum Gasteiger partial charge on any atom is 0.261 e.